The van der Waals surface area contributed by atoms with Crippen molar-refractivity contribution >= 4 is 40.0 Å². The fourth-order valence-corrected chi connectivity index (χ4v) is 2.88. The van der Waals surface area contributed by atoms with Gasteiger partial charge in [-0.3, -0.25) is 10.1 Å². The Morgan fingerprint density at radius 1 is 1.00 bits per heavy atom. The van der Waals surface area contributed by atoms with Crippen molar-refractivity contribution in [1.82, 2.24) is 0 Å². The van der Waals surface area contributed by atoms with Crippen molar-refractivity contribution in [2.45, 2.75) is 13.3 Å². The molecule has 0 radical (unpaired) electrons. The van der Waals surface area contributed by atoms with Gasteiger partial charge in [0.2, 0.25) is 0 Å². The molecular formula is C21H21N3O5. The third-order valence-electron chi connectivity index (χ3n) is 4.17. The fraction of sp³-hybridized carbons (Fsp3) is 0.190. The predicted molar refractivity (Wildman–Crippen MR) is 111 cm³/mol. The van der Waals surface area contributed by atoms with Crippen LogP contribution >= 0.6 is 0 Å². The number of benzene rings is 2. The molecule has 0 aliphatic rings. The maximum Gasteiger partial charge on any atom is 0.362 e. The van der Waals surface area contributed by atoms with Gasteiger partial charge in [-0.05, 0) is 36.8 Å². The molecular weight excluding hydrogens is 374 g/mol. The quantitative estimate of drug-likeness (QED) is 0.435. The number of carbonyl (C=O) groups is 2. The van der Waals surface area contributed by atoms with E-state index in [0.29, 0.717) is 29.0 Å². The molecule has 1 aromatic heterocycles. The zero-order valence-corrected chi connectivity index (χ0v) is 16.1. The highest BCUT2D eigenvalue weighted by Gasteiger charge is 2.16. The van der Waals surface area contributed by atoms with Crippen molar-refractivity contribution < 1.29 is 18.7 Å². The normalized spacial score (nSPS) is 10.4. The molecule has 1 heterocycles. The number of hydrogen-bond donors (Lipinski definition) is 3. The van der Waals surface area contributed by atoms with Crippen LogP contribution < -0.4 is 21.6 Å². The minimum atomic E-state index is -0.659. The molecule has 8 nitrogen and oxygen atoms in total. The summed E-state index contributed by atoms with van der Waals surface area (Å²) in [5.74, 6) is -0.312. The van der Waals surface area contributed by atoms with Crippen molar-refractivity contribution in [3.63, 3.8) is 0 Å². The van der Waals surface area contributed by atoms with Gasteiger partial charge in [0, 0.05) is 18.1 Å². The first-order chi connectivity index (χ1) is 14.0. The zero-order chi connectivity index (χ0) is 20.8. The Balaban J connectivity index is 1.73. The largest absolute Gasteiger partial charge is 0.466 e. The van der Waals surface area contributed by atoms with Crippen LogP contribution in [0.4, 0.5) is 21.9 Å². The fourth-order valence-electron chi connectivity index (χ4n) is 2.88. The molecule has 0 bridgehead atoms. The molecule has 3 rings (SSSR count). The predicted octanol–water partition coefficient (Wildman–Crippen LogP) is 3.58. The van der Waals surface area contributed by atoms with Crippen LogP contribution in [0.2, 0.25) is 0 Å². The Labute approximate surface area is 166 Å². The summed E-state index contributed by atoms with van der Waals surface area (Å²) in [5.41, 5.74) is 1.52. The van der Waals surface area contributed by atoms with E-state index < -0.39 is 11.7 Å². The van der Waals surface area contributed by atoms with E-state index in [-0.39, 0.29) is 18.1 Å². The number of amides is 2. The smallest absolute Gasteiger partial charge is 0.362 e. The number of para-hydroxylation sites is 1. The maximum atomic E-state index is 12.4. The monoisotopic (exact) mass is 395 g/mol. The van der Waals surface area contributed by atoms with Crippen LogP contribution in [0.3, 0.4) is 0 Å². The van der Waals surface area contributed by atoms with Crippen LogP contribution in [-0.2, 0) is 16.0 Å². The second kappa shape index (κ2) is 8.92. The molecule has 0 spiro atoms. The molecule has 0 saturated carbocycles. The van der Waals surface area contributed by atoms with Gasteiger partial charge in [-0.1, -0.05) is 24.3 Å². The second-order valence-electron chi connectivity index (χ2n) is 6.14. The zero-order valence-electron chi connectivity index (χ0n) is 16.1. The van der Waals surface area contributed by atoms with Crippen LogP contribution in [0.25, 0.3) is 11.0 Å². The van der Waals surface area contributed by atoms with Crippen molar-refractivity contribution in [3.8, 4) is 0 Å². The minimum Gasteiger partial charge on any atom is -0.466 e. The van der Waals surface area contributed by atoms with E-state index in [1.54, 1.807) is 56.4 Å². The van der Waals surface area contributed by atoms with Gasteiger partial charge in [-0.25, -0.2) is 9.59 Å². The molecule has 3 aromatic rings. The number of anilines is 3. The molecule has 0 fully saturated rings. The molecule has 29 heavy (non-hydrogen) atoms. The van der Waals surface area contributed by atoms with Gasteiger partial charge >= 0.3 is 17.6 Å². The number of fused-ring (bicyclic) bond motifs is 1. The molecule has 8 heteroatoms. The van der Waals surface area contributed by atoms with E-state index in [1.807, 2.05) is 6.07 Å². The lowest BCUT2D eigenvalue weighted by atomic mass is 10.1. The molecule has 150 valence electrons. The third kappa shape index (κ3) is 4.73. The molecule has 0 aliphatic heterocycles. The Morgan fingerprint density at radius 3 is 2.41 bits per heavy atom. The summed E-state index contributed by atoms with van der Waals surface area (Å²) >= 11 is 0. The lowest BCUT2D eigenvalue weighted by Crippen LogP contribution is -2.24. The van der Waals surface area contributed by atoms with Crippen molar-refractivity contribution in [1.29, 1.82) is 0 Å². The highest BCUT2D eigenvalue weighted by atomic mass is 16.5. The molecule has 0 atom stereocenters. The Hall–Kier alpha value is -3.81. The SMILES string of the molecule is CCOC(=O)Cc1ccc(NC(=O)Nc2c(NC)c3ccccc3oc2=O)cc1. The summed E-state index contributed by atoms with van der Waals surface area (Å²) < 4.78 is 10.2. The van der Waals surface area contributed by atoms with E-state index in [0.717, 1.165) is 5.56 Å². The van der Waals surface area contributed by atoms with Gasteiger partial charge < -0.3 is 19.8 Å². The van der Waals surface area contributed by atoms with E-state index in [4.69, 9.17) is 9.15 Å². The first-order valence-corrected chi connectivity index (χ1v) is 9.08. The number of hydrogen-bond acceptors (Lipinski definition) is 6. The van der Waals surface area contributed by atoms with Crippen LogP contribution in [0.15, 0.2) is 57.7 Å². The number of rotatable bonds is 6. The average Bonchev–Trinajstić information content (AvgIpc) is 2.70. The highest BCUT2D eigenvalue weighted by Crippen LogP contribution is 2.28. The Morgan fingerprint density at radius 2 is 1.72 bits per heavy atom. The van der Waals surface area contributed by atoms with Crippen LogP contribution in [-0.4, -0.2) is 25.7 Å². The summed E-state index contributed by atoms with van der Waals surface area (Å²) in [6, 6.07) is 13.2. The highest BCUT2D eigenvalue weighted by molar-refractivity contribution is 6.05. The van der Waals surface area contributed by atoms with Crippen molar-refractivity contribution in [2.75, 3.05) is 29.6 Å². The molecule has 2 aromatic carbocycles. The Kier molecular flexibility index (Phi) is 6.13. The van der Waals surface area contributed by atoms with Gasteiger partial charge in [0.25, 0.3) is 0 Å². The number of ether oxygens (including phenoxy) is 1. The van der Waals surface area contributed by atoms with Crippen LogP contribution in [0, 0.1) is 0 Å². The third-order valence-corrected chi connectivity index (χ3v) is 4.17. The average molecular weight is 395 g/mol. The Bertz CT molecular complexity index is 1090. The number of urea groups is 1. The molecule has 0 unspecified atom stereocenters. The maximum absolute atomic E-state index is 12.4. The summed E-state index contributed by atoms with van der Waals surface area (Å²) in [5, 5.41) is 8.80. The standard InChI is InChI=1S/C21H21N3O5/c1-3-28-17(25)12-13-8-10-14(11-9-13)23-21(27)24-19-18(22-2)15-6-4-5-7-16(15)29-20(19)26/h4-11,22H,3,12H2,1-2H3,(H2,23,24,27). The van der Waals surface area contributed by atoms with Gasteiger partial charge in [-0.2, -0.15) is 0 Å². The molecule has 3 N–H and O–H groups in total. The van der Waals surface area contributed by atoms with Gasteiger partial charge in [-0.15, -0.1) is 0 Å². The molecule has 0 aliphatic carbocycles. The number of esters is 1. The van der Waals surface area contributed by atoms with Gasteiger partial charge in [0.05, 0.1) is 18.7 Å². The summed E-state index contributed by atoms with van der Waals surface area (Å²) in [6.45, 7) is 2.08. The van der Waals surface area contributed by atoms with Crippen molar-refractivity contribution in [2.24, 2.45) is 0 Å². The minimum absolute atomic E-state index is 0.0163. The summed E-state index contributed by atoms with van der Waals surface area (Å²) in [7, 11) is 1.66. The first-order valence-electron chi connectivity index (χ1n) is 9.08. The first kappa shape index (κ1) is 19.9. The van der Waals surface area contributed by atoms with Crippen molar-refractivity contribution in [3.05, 3.63) is 64.5 Å². The topological polar surface area (TPSA) is 110 Å². The number of nitrogens with one attached hydrogen (secondary N) is 3. The summed E-state index contributed by atoms with van der Waals surface area (Å²) in [4.78, 5) is 36.2. The summed E-state index contributed by atoms with van der Waals surface area (Å²) in [6.07, 6.45) is 0.157. The number of carbonyl (C=O) groups excluding carboxylic acids is 2. The lowest BCUT2D eigenvalue weighted by molar-refractivity contribution is -0.142. The van der Waals surface area contributed by atoms with E-state index >= 15 is 0 Å². The van der Waals surface area contributed by atoms with Crippen LogP contribution in [0.5, 0.6) is 0 Å². The van der Waals surface area contributed by atoms with Gasteiger partial charge in [0.1, 0.15) is 5.58 Å². The lowest BCUT2D eigenvalue weighted by Gasteiger charge is -2.12. The molecule has 0 saturated heterocycles. The van der Waals surface area contributed by atoms with E-state index in [9.17, 15) is 14.4 Å². The molecule has 2 amide bonds. The van der Waals surface area contributed by atoms with Crippen LogP contribution in [0.1, 0.15) is 12.5 Å². The van der Waals surface area contributed by atoms with Gasteiger partial charge in [0.15, 0.2) is 5.69 Å². The van der Waals surface area contributed by atoms with E-state index in [2.05, 4.69) is 16.0 Å². The second-order valence-corrected chi connectivity index (χ2v) is 6.14. The van der Waals surface area contributed by atoms with E-state index in [1.165, 1.54) is 0 Å².